The quantitative estimate of drug-likeness (QED) is 0.716. The Kier molecular flexibility index (Phi) is 4.05. The Morgan fingerprint density at radius 1 is 1.20 bits per heavy atom. The first-order chi connectivity index (χ1) is 12.1. The highest BCUT2D eigenvalue weighted by molar-refractivity contribution is 7.80. The Bertz CT molecular complexity index is 901. The van der Waals surface area contributed by atoms with Gasteiger partial charge >= 0.3 is 0 Å². The molecule has 128 valence electrons. The van der Waals surface area contributed by atoms with Gasteiger partial charge in [-0.25, -0.2) is 4.98 Å². The van der Waals surface area contributed by atoms with Gasteiger partial charge in [-0.2, -0.15) is 0 Å². The van der Waals surface area contributed by atoms with Crippen molar-refractivity contribution in [1.82, 2.24) is 24.8 Å². The van der Waals surface area contributed by atoms with Gasteiger partial charge in [0.15, 0.2) is 10.2 Å². The van der Waals surface area contributed by atoms with Gasteiger partial charge in [0.2, 0.25) is 0 Å². The molecule has 25 heavy (non-hydrogen) atoms. The number of thiocarbonyl (C=S) groups is 1. The molecule has 1 aliphatic rings. The fraction of sp³-hybridized carbons (Fsp3) is 0.278. The molecule has 1 aliphatic heterocycles. The molecule has 5 nitrogen and oxygen atoms in total. The number of thiazole rings is 1. The van der Waals surface area contributed by atoms with E-state index in [0.717, 1.165) is 15.9 Å². The summed E-state index contributed by atoms with van der Waals surface area (Å²) in [4.78, 5) is 11.1. The van der Waals surface area contributed by atoms with Crippen LogP contribution in [0.1, 0.15) is 34.7 Å². The van der Waals surface area contributed by atoms with E-state index in [0.29, 0.717) is 0 Å². The lowest BCUT2D eigenvalue weighted by molar-refractivity contribution is 0.367. The lowest BCUT2D eigenvalue weighted by atomic mass is 9.97. The number of likely N-dealkylation sites (N-methyl/N-ethyl adjacent to an activating group) is 1. The second-order valence-electron chi connectivity index (χ2n) is 6.21. The van der Waals surface area contributed by atoms with E-state index in [1.807, 2.05) is 43.0 Å². The first kappa shape index (κ1) is 16.2. The van der Waals surface area contributed by atoms with Gasteiger partial charge in [0.05, 0.1) is 17.8 Å². The Balaban J connectivity index is 1.82. The maximum atomic E-state index is 5.53. The van der Waals surface area contributed by atoms with Gasteiger partial charge in [0, 0.05) is 36.2 Å². The maximum Gasteiger partial charge on any atom is 0.193 e. The molecule has 1 fully saturated rings. The summed E-state index contributed by atoms with van der Waals surface area (Å²) in [7, 11) is 2.04. The van der Waals surface area contributed by atoms with E-state index < -0.39 is 0 Å². The third kappa shape index (κ3) is 2.63. The van der Waals surface area contributed by atoms with Crippen LogP contribution < -0.4 is 5.32 Å². The van der Waals surface area contributed by atoms with Crippen LogP contribution in [0.2, 0.25) is 0 Å². The molecule has 0 spiro atoms. The minimum atomic E-state index is 0.0314. The molecule has 7 heteroatoms. The number of rotatable bonds is 3. The predicted octanol–water partition coefficient (Wildman–Crippen LogP) is 3.55. The van der Waals surface area contributed by atoms with E-state index in [9.17, 15) is 0 Å². The zero-order valence-corrected chi connectivity index (χ0v) is 15.9. The van der Waals surface area contributed by atoms with Gasteiger partial charge < -0.3 is 10.2 Å². The standard InChI is InChI=1S/C18H19N5S2/c1-11-10-13(12(2)23(11)18-20-8-9-25-18)16-15(21-17(24)22(16)3)14-6-4-5-7-19-14/h4-10,15-16H,1-3H3,(H,21,24)/t15-,16-/m1/s1. The minimum absolute atomic E-state index is 0.0314. The molecular weight excluding hydrogens is 350 g/mol. The third-order valence-corrected chi connectivity index (χ3v) is 5.90. The summed E-state index contributed by atoms with van der Waals surface area (Å²) in [6, 6.07) is 8.37. The first-order valence-electron chi connectivity index (χ1n) is 8.11. The Labute approximate surface area is 156 Å². The molecule has 3 aromatic rings. The molecule has 4 rings (SSSR count). The molecule has 2 atom stereocenters. The van der Waals surface area contributed by atoms with Crippen LogP contribution in [0, 0.1) is 13.8 Å². The molecule has 0 aliphatic carbocycles. The number of hydrogen-bond acceptors (Lipinski definition) is 4. The highest BCUT2D eigenvalue weighted by Crippen LogP contribution is 2.40. The second-order valence-corrected chi connectivity index (χ2v) is 7.47. The summed E-state index contributed by atoms with van der Waals surface area (Å²) in [5, 5.41) is 7.18. The predicted molar refractivity (Wildman–Crippen MR) is 104 cm³/mol. The first-order valence-corrected chi connectivity index (χ1v) is 9.39. The van der Waals surface area contributed by atoms with E-state index in [4.69, 9.17) is 12.2 Å². The van der Waals surface area contributed by atoms with Crippen LogP contribution in [0.4, 0.5) is 0 Å². The molecule has 0 aromatic carbocycles. The van der Waals surface area contributed by atoms with E-state index in [1.54, 1.807) is 11.3 Å². The zero-order valence-electron chi connectivity index (χ0n) is 14.3. The van der Waals surface area contributed by atoms with Crippen molar-refractivity contribution >= 4 is 28.7 Å². The number of nitrogens with zero attached hydrogens (tertiary/aromatic N) is 4. The number of nitrogens with one attached hydrogen (secondary N) is 1. The number of aryl methyl sites for hydroxylation is 1. The lowest BCUT2D eigenvalue weighted by Gasteiger charge is -2.24. The zero-order chi connectivity index (χ0) is 17.6. The SMILES string of the molecule is Cc1cc([C@@H]2[C@@H](c3ccccn3)NC(=S)N2C)c(C)n1-c1nccs1. The van der Waals surface area contributed by atoms with Crippen LogP contribution in [-0.2, 0) is 0 Å². The van der Waals surface area contributed by atoms with Crippen LogP contribution in [0.25, 0.3) is 5.13 Å². The molecule has 0 saturated carbocycles. The summed E-state index contributed by atoms with van der Waals surface area (Å²) >= 11 is 7.17. The molecule has 1 saturated heterocycles. The van der Waals surface area contributed by atoms with Gasteiger partial charge in [-0.3, -0.25) is 9.55 Å². The Morgan fingerprint density at radius 3 is 2.72 bits per heavy atom. The molecule has 0 unspecified atom stereocenters. The number of aromatic nitrogens is 3. The van der Waals surface area contributed by atoms with Crippen LogP contribution >= 0.6 is 23.6 Å². The normalized spacial score (nSPS) is 20.1. The molecule has 1 N–H and O–H groups in total. The summed E-state index contributed by atoms with van der Waals surface area (Å²) in [5.74, 6) is 0. The Morgan fingerprint density at radius 2 is 2.04 bits per heavy atom. The van der Waals surface area contributed by atoms with Gasteiger partial charge in [-0.05, 0) is 49.8 Å². The van der Waals surface area contributed by atoms with Crippen LogP contribution in [0.15, 0.2) is 42.0 Å². The molecule has 0 amide bonds. The van der Waals surface area contributed by atoms with Gasteiger partial charge in [-0.15, -0.1) is 11.3 Å². The van der Waals surface area contributed by atoms with Crippen molar-refractivity contribution in [3.63, 3.8) is 0 Å². The van der Waals surface area contributed by atoms with Gasteiger partial charge in [-0.1, -0.05) is 6.07 Å². The Hall–Kier alpha value is -2.25. The second kappa shape index (κ2) is 6.24. The highest BCUT2D eigenvalue weighted by atomic mass is 32.1. The summed E-state index contributed by atoms with van der Waals surface area (Å²) < 4.78 is 2.21. The van der Waals surface area contributed by atoms with E-state index >= 15 is 0 Å². The fourth-order valence-electron chi connectivity index (χ4n) is 3.56. The third-order valence-electron chi connectivity index (χ3n) is 4.74. The van der Waals surface area contributed by atoms with Crippen molar-refractivity contribution in [2.24, 2.45) is 0 Å². The van der Waals surface area contributed by atoms with Crippen LogP contribution in [-0.4, -0.2) is 31.6 Å². The van der Waals surface area contributed by atoms with Crippen molar-refractivity contribution in [3.8, 4) is 5.13 Å². The lowest BCUT2D eigenvalue weighted by Crippen LogP contribution is -2.25. The molecule has 0 bridgehead atoms. The van der Waals surface area contributed by atoms with Crippen molar-refractivity contribution in [2.75, 3.05) is 7.05 Å². The van der Waals surface area contributed by atoms with Gasteiger partial charge in [0.25, 0.3) is 0 Å². The molecule has 4 heterocycles. The van der Waals surface area contributed by atoms with Crippen molar-refractivity contribution in [3.05, 3.63) is 64.7 Å². The molecular formula is C18H19N5S2. The monoisotopic (exact) mass is 369 g/mol. The van der Waals surface area contributed by atoms with Crippen molar-refractivity contribution < 1.29 is 0 Å². The summed E-state index contributed by atoms with van der Waals surface area (Å²) in [6.07, 6.45) is 3.67. The number of hydrogen-bond donors (Lipinski definition) is 1. The maximum absolute atomic E-state index is 5.53. The van der Waals surface area contributed by atoms with E-state index in [1.165, 1.54) is 17.0 Å². The van der Waals surface area contributed by atoms with Crippen molar-refractivity contribution in [2.45, 2.75) is 25.9 Å². The highest BCUT2D eigenvalue weighted by Gasteiger charge is 2.39. The van der Waals surface area contributed by atoms with Crippen LogP contribution in [0.5, 0.6) is 0 Å². The summed E-state index contributed by atoms with van der Waals surface area (Å²) in [6.45, 7) is 4.27. The molecule has 0 radical (unpaired) electrons. The van der Waals surface area contributed by atoms with Crippen molar-refractivity contribution in [1.29, 1.82) is 0 Å². The average molecular weight is 370 g/mol. The fourth-order valence-corrected chi connectivity index (χ4v) is 4.55. The largest absolute Gasteiger partial charge is 0.352 e. The smallest absolute Gasteiger partial charge is 0.193 e. The molecule has 3 aromatic heterocycles. The minimum Gasteiger partial charge on any atom is -0.352 e. The number of pyridine rings is 1. The average Bonchev–Trinajstić information content (AvgIpc) is 3.29. The van der Waals surface area contributed by atoms with Gasteiger partial charge in [0.1, 0.15) is 0 Å². The van der Waals surface area contributed by atoms with E-state index in [2.05, 4.69) is 44.7 Å². The topological polar surface area (TPSA) is 46.0 Å². The van der Waals surface area contributed by atoms with Crippen LogP contribution in [0.3, 0.4) is 0 Å². The van der Waals surface area contributed by atoms with E-state index in [-0.39, 0.29) is 12.1 Å². The summed E-state index contributed by atoms with van der Waals surface area (Å²) in [5.41, 5.74) is 4.61.